The Labute approximate surface area is 197 Å². The first-order valence-electron chi connectivity index (χ1n) is 10.9. The van der Waals surface area contributed by atoms with E-state index in [1.807, 2.05) is 97.1 Å². The number of phenols is 2. The molecule has 0 atom stereocenters. The SMILES string of the molecule is Oc1ccc(-c2ccc(Oc3cccc(Oc4ccc(-c5ccc(O)cc5)cc4)c3)cc2)cc1. The van der Waals surface area contributed by atoms with Crippen LogP contribution in [0.4, 0.5) is 0 Å². The monoisotopic (exact) mass is 446 g/mol. The second-order valence-corrected chi connectivity index (χ2v) is 7.82. The van der Waals surface area contributed by atoms with Crippen LogP contribution in [0.1, 0.15) is 0 Å². The van der Waals surface area contributed by atoms with Gasteiger partial charge in [0.15, 0.2) is 0 Å². The molecule has 5 aromatic carbocycles. The first-order chi connectivity index (χ1) is 16.6. The highest BCUT2D eigenvalue weighted by atomic mass is 16.5. The Morgan fingerprint density at radius 2 is 0.676 bits per heavy atom. The molecule has 0 aliphatic rings. The van der Waals surface area contributed by atoms with E-state index in [9.17, 15) is 10.2 Å². The van der Waals surface area contributed by atoms with Crippen LogP contribution in [0.3, 0.4) is 0 Å². The molecule has 0 aromatic heterocycles. The quantitative estimate of drug-likeness (QED) is 0.277. The fourth-order valence-electron chi connectivity index (χ4n) is 3.61. The highest BCUT2D eigenvalue weighted by Crippen LogP contribution is 2.31. The molecule has 0 radical (unpaired) electrons. The van der Waals surface area contributed by atoms with Crippen LogP contribution >= 0.6 is 0 Å². The molecule has 0 unspecified atom stereocenters. The molecule has 0 fully saturated rings. The van der Waals surface area contributed by atoms with E-state index in [1.165, 1.54) is 0 Å². The molecule has 34 heavy (non-hydrogen) atoms. The standard InChI is InChI=1S/C30H22O4/c31-25-12-4-21(5-13-25)23-8-16-27(17-9-23)33-29-2-1-3-30(20-29)34-28-18-10-24(11-19-28)22-6-14-26(32)15-7-22/h1-20,31-32H. The molecule has 166 valence electrons. The van der Waals surface area contributed by atoms with Crippen LogP contribution < -0.4 is 9.47 Å². The zero-order chi connectivity index (χ0) is 23.3. The fraction of sp³-hybridized carbons (Fsp3) is 0. The van der Waals surface area contributed by atoms with Crippen molar-refractivity contribution in [2.24, 2.45) is 0 Å². The van der Waals surface area contributed by atoms with Gasteiger partial charge in [0.1, 0.15) is 34.5 Å². The maximum absolute atomic E-state index is 9.46. The third-order valence-electron chi connectivity index (χ3n) is 5.39. The normalized spacial score (nSPS) is 10.6. The summed E-state index contributed by atoms with van der Waals surface area (Å²) in [4.78, 5) is 0. The number of benzene rings is 5. The molecule has 0 saturated carbocycles. The Morgan fingerprint density at radius 3 is 1.03 bits per heavy atom. The molecule has 0 spiro atoms. The number of hydrogen-bond donors (Lipinski definition) is 2. The van der Waals surface area contributed by atoms with Crippen molar-refractivity contribution in [1.29, 1.82) is 0 Å². The van der Waals surface area contributed by atoms with E-state index in [1.54, 1.807) is 24.3 Å². The number of aromatic hydroxyl groups is 2. The number of phenolic OH excluding ortho intramolecular Hbond substituents is 2. The topological polar surface area (TPSA) is 58.9 Å². The van der Waals surface area contributed by atoms with E-state index in [0.29, 0.717) is 11.5 Å². The zero-order valence-electron chi connectivity index (χ0n) is 18.3. The largest absolute Gasteiger partial charge is 0.508 e. The molecule has 5 aromatic rings. The molecule has 0 aliphatic heterocycles. The van der Waals surface area contributed by atoms with Gasteiger partial charge in [-0.1, -0.05) is 54.6 Å². The van der Waals surface area contributed by atoms with Crippen LogP contribution in [0, 0.1) is 0 Å². The highest BCUT2D eigenvalue weighted by Gasteiger charge is 2.04. The molecule has 2 N–H and O–H groups in total. The summed E-state index contributed by atoms with van der Waals surface area (Å²) in [6.45, 7) is 0. The Kier molecular flexibility index (Phi) is 5.87. The summed E-state index contributed by atoms with van der Waals surface area (Å²) in [5.41, 5.74) is 4.13. The zero-order valence-corrected chi connectivity index (χ0v) is 18.3. The van der Waals surface area contributed by atoms with Crippen molar-refractivity contribution < 1.29 is 19.7 Å². The van der Waals surface area contributed by atoms with Gasteiger partial charge in [-0.25, -0.2) is 0 Å². The minimum atomic E-state index is 0.249. The smallest absolute Gasteiger partial charge is 0.131 e. The lowest BCUT2D eigenvalue weighted by Crippen LogP contribution is -1.88. The summed E-state index contributed by atoms with van der Waals surface area (Å²) in [7, 11) is 0. The Morgan fingerprint density at radius 1 is 0.353 bits per heavy atom. The van der Waals surface area contributed by atoms with Gasteiger partial charge < -0.3 is 19.7 Å². The number of hydrogen-bond acceptors (Lipinski definition) is 4. The third-order valence-corrected chi connectivity index (χ3v) is 5.39. The van der Waals surface area contributed by atoms with Gasteiger partial charge >= 0.3 is 0 Å². The maximum atomic E-state index is 9.46. The lowest BCUT2D eigenvalue weighted by molar-refractivity contribution is 0.460. The van der Waals surface area contributed by atoms with Gasteiger partial charge in [0, 0.05) is 6.07 Å². The van der Waals surface area contributed by atoms with Crippen LogP contribution in [0.25, 0.3) is 22.3 Å². The number of ether oxygens (including phenoxy) is 2. The maximum Gasteiger partial charge on any atom is 0.131 e. The Bertz CT molecular complexity index is 1270. The first-order valence-corrected chi connectivity index (χ1v) is 10.9. The van der Waals surface area contributed by atoms with Gasteiger partial charge in [-0.15, -0.1) is 0 Å². The van der Waals surface area contributed by atoms with Crippen LogP contribution in [0.2, 0.25) is 0 Å². The molecule has 0 heterocycles. The van der Waals surface area contributed by atoms with Gasteiger partial charge in [0.2, 0.25) is 0 Å². The van der Waals surface area contributed by atoms with Gasteiger partial charge in [-0.2, -0.15) is 0 Å². The van der Waals surface area contributed by atoms with Crippen LogP contribution in [0.5, 0.6) is 34.5 Å². The van der Waals surface area contributed by atoms with E-state index in [4.69, 9.17) is 9.47 Å². The summed E-state index contributed by atoms with van der Waals surface area (Å²) in [6.07, 6.45) is 0. The van der Waals surface area contributed by atoms with Gasteiger partial charge in [0.05, 0.1) is 0 Å². The van der Waals surface area contributed by atoms with Crippen molar-refractivity contribution in [2.75, 3.05) is 0 Å². The summed E-state index contributed by atoms with van der Waals surface area (Å²) >= 11 is 0. The van der Waals surface area contributed by atoms with E-state index in [2.05, 4.69) is 0 Å². The highest BCUT2D eigenvalue weighted by molar-refractivity contribution is 5.66. The van der Waals surface area contributed by atoms with Gasteiger partial charge in [-0.05, 0) is 82.9 Å². The predicted molar refractivity (Wildman–Crippen MR) is 134 cm³/mol. The van der Waals surface area contributed by atoms with Gasteiger partial charge in [0.25, 0.3) is 0 Å². The van der Waals surface area contributed by atoms with Crippen LogP contribution in [0.15, 0.2) is 121 Å². The van der Waals surface area contributed by atoms with Crippen molar-refractivity contribution in [3.8, 4) is 56.8 Å². The van der Waals surface area contributed by atoms with E-state index >= 15 is 0 Å². The first kappa shape index (κ1) is 21.2. The second kappa shape index (κ2) is 9.43. The van der Waals surface area contributed by atoms with Crippen molar-refractivity contribution in [3.05, 3.63) is 121 Å². The molecule has 5 rings (SSSR count). The molecule has 0 bridgehead atoms. The molecular formula is C30H22O4. The molecular weight excluding hydrogens is 424 g/mol. The lowest BCUT2D eigenvalue weighted by Gasteiger charge is -2.10. The second-order valence-electron chi connectivity index (χ2n) is 7.82. The average Bonchev–Trinajstić information content (AvgIpc) is 2.86. The fourth-order valence-corrected chi connectivity index (χ4v) is 3.61. The van der Waals surface area contributed by atoms with E-state index < -0.39 is 0 Å². The van der Waals surface area contributed by atoms with Crippen molar-refractivity contribution >= 4 is 0 Å². The van der Waals surface area contributed by atoms with Crippen molar-refractivity contribution in [2.45, 2.75) is 0 Å². The number of rotatable bonds is 6. The van der Waals surface area contributed by atoms with Crippen molar-refractivity contribution in [1.82, 2.24) is 0 Å². The molecule has 4 nitrogen and oxygen atoms in total. The predicted octanol–water partition coefficient (Wildman–Crippen LogP) is 8.02. The molecule has 0 saturated heterocycles. The summed E-state index contributed by atoms with van der Waals surface area (Å²) < 4.78 is 12.0. The molecule has 4 heteroatoms. The average molecular weight is 447 g/mol. The summed E-state index contributed by atoms with van der Waals surface area (Å²) in [5, 5.41) is 18.9. The van der Waals surface area contributed by atoms with Crippen molar-refractivity contribution in [3.63, 3.8) is 0 Å². The molecule has 0 amide bonds. The van der Waals surface area contributed by atoms with E-state index in [-0.39, 0.29) is 11.5 Å². The lowest BCUT2D eigenvalue weighted by atomic mass is 10.1. The van der Waals surface area contributed by atoms with Crippen LogP contribution in [-0.4, -0.2) is 10.2 Å². The summed E-state index contributed by atoms with van der Waals surface area (Å²) in [5.74, 6) is 3.29. The third kappa shape index (κ3) is 5.03. The van der Waals surface area contributed by atoms with E-state index in [0.717, 1.165) is 33.8 Å². The Balaban J connectivity index is 1.25. The van der Waals surface area contributed by atoms with Gasteiger partial charge in [-0.3, -0.25) is 0 Å². The Hall–Kier alpha value is -4.70. The van der Waals surface area contributed by atoms with Crippen LogP contribution in [-0.2, 0) is 0 Å². The summed E-state index contributed by atoms with van der Waals surface area (Å²) in [6, 6.07) is 37.3. The minimum Gasteiger partial charge on any atom is -0.508 e. The molecule has 0 aliphatic carbocycles. The minimum absolute atomic E-state index is 0.249.